The topological polar surface area (TPSA) is 30.5 Å². The molecule has 0 aromatic heterocycles. The van der Waals surface area contributed by atoms with Crippen LogP contribution in [0.5, 0.6) is 0 Å². The van der Waals surface area contributed by atoms with Gasteiger partial charge < -0.3 is 9.16 Å². The van der Waals surface area contributed by atoms with Crippen molar-refractivity contribution < 1.29 is 9.16 Å². The second kappa shape index (κ2) is 6.43. The number of rotatable bonds is 4. The van der Waals surface area contributed by atoms with Crippen molar-refractivity contribution in [1.82, 2.24) is 5.32 Å². The predicted molar refractivity (Wildman–Crippen MR) is 100 cm³/mol. The van der Waals surface area contributed by atoms with E-state index in [1.165, 1.54) is 6.42 Å². The minimum absolute atomic E-state index is 0.00764. The second-order valence-electron chi connectivity index (χ2n) is 9.95. The Balaban J connectivity index is 2.06. The lowest BCUT2D eigenvalue weighted by molar-refractivity contribution is -0.0660. The third-order valence-corrected chi connectivity index (χ3v) is 10.9. The van der Waals surface area contributed by atoms with E-state index in [2.05, 4.69) is 60.0 Å². The summed E-state index contributed by atoms with van der Waals surface area (Å²) in [6, 6.07) is 0. The van der Waals surface area contributed by atoms with Gasteiger partial charge in [0.2, 0.25) is 0 Å². The largest absolute Gasteiger partial charge is 0.415 e. The first-order chi connectivity index (χ1) is 10.4. The van der Waals surface area contributed by atoms with Crippen LogP contribution in [0.25, 0.3) is 0 Å². The van der Waals surface area contributed by atoms with Crippen molar-refractivity contribution in [3.05, 3.63) is 0 Å². The molecule has 23 heavy (non-hydrogen) atoms. The van der Waals surface area contributed by atoms with Crippen LogP contribution in [0.15, 0.2) is 0 Å². The predicted octanol–water partition coefficient (Wildman–Crippen LogP) is 4.93. The van der Waals surface area contributed by atoms with Crippen LogP contribution >= 0.6 is 0 Å². The zero-order valence-electron chi connectivity index (χ0n) is 16.7. The lowest BCUT2D eigenvalue weighted by Crippen LogP contribution is -2.57. The van der Waals surface area contributed by atoms with Crippen molar-refractivity contribution >= 4 is 8.32 Å². The molecule has 1 saturated carbocycles. The third-order valence-electron chi connectivity index (χ3n) is 6.47. The minimum atomic E-state index is -1.72. The molecule has 1 saturated heterocycles. The van der Waals surface area contributed by atoms with E-state index in [1.807, 2.05) is 0 Å². The van der Waals surface area contributed by atoms with E-state index < -0.39 is 8.32 Å². The molecule has 0 aromatic carbocycles. The van der Waals surface area contributed by atoms with Crippen molar-refractivity contribution in [3.8, 4) is 0 Å². The van der Waals surface area contributed by atoms with Crippen molar-refractivity contribution in [1.29, 1.82) is 0 Å². The molecule has 2 fully saturated rings. The highest BCUT2D eigenvalue weighted by molar-refractivity contribution is 6.74. The maximum Gasteiger partial charge on any atom is 0.192 e. The van der Waals surface area contributed by atoms with Gasteiger partial charge in [-0.05, 0) is 55.7 Å². The van der Waals surface area contributed by atoms with Crippen LogP contribution in [0.2, 0.25) is 18.1 Å². The van der Waals surface area contributed by atoms with E-state index in [0.717, 1.165) is 44.3 Å². The van der Waals surface area contributed by atoms with Gasteiger partial charge in [0.15, 0.2) is 8.32 Å². The third kappa shape index (κ3) is 4.20. The lowest BCUT2D eigenvalue weighted by Gasteiger charge is -2.43. The number of ether oxygens (including phenoxy) is 1. The molecular formula is C19H39NO2Si. The van der Waals surface area contributed by atoms with Gasteiger partial charge in [0.25, 0.3) is 0 Å². The fourth-order valence-electron chi connectivity index (χ4n) is 4.02. The summed E-state index contributed by atoms with van der Waals surface area (Å²) in [5.41, 5.74) is -0.115. The van der Waals surface area contributed by atoms with Gasteiger partial charge in [-0.2, -0.15) is 0 Å². The average Bonchev–Trinajstić information content (AvgIpc) is 2.73. The molecule has 1 aliphatic carbocycles. The molecule has 3 nitrogen and oxygen atoms in total. The summed E-state index contributed by atoms with van der Waals surface area (Å²) in [7, 11) is -1.72. The Kier molecular flexibility index (Phi) is 5.43. The first-order valence-electron chi connectivity index (χ1n) is 9.50. The van der Waals surface area contributed by atoms with Crippen LogP contribution in [-0.4, -0.2) is 32.8 Å². The van der Waals surface area contributed by atoms with Crippen LogP contribution in [0.4, 0.5) is 0 Å². The standard InChI is InChI=1S/C19H39NO2Si/c1-9-18(14-22-23(7,8)17(4,5)6)13-21-19(20-18)11-15(2)10-16(3)12-19/h15-16,20H,9-14H2,1-8H3/t15-,16+,18?,19?. The molecule has 0 bridgehead atoms. The summed E-state index contributed by atoms with van der Waals surface area (Å²) in [5.74, 6) is 1.47. The van der Waals surface area contributed by atoms with E-state index in [0.29, 0.717) is 0 Å². The first-order valence-corrected chi connectivity index (χ1v) is 12.4. The molecule has 1 N–H and O–H groups in total. The molecule has 4 atom stereocenters. The Labute approximate surface area is 145 Å². The van der Waals surface area contributed by atoms with Crippen molar-refractivity contribution in [2.45, 2.75) is 96.6 Å². The second-order valence-corrected chi connectivity index (χ2v) is 14.8. The Morgan fingerprint density at radius 3 is 2.22 bits per heavy atom. The molecule has 2 rings (SSSR count). The normalized spacial score (nSPS) is 39.1. The molecule has 136 valence electrons. The molecule has 1 spiro atoms. The van der Waals surface area contributed by atoms with Crippen LogP contribution in [-0.2, 0) is 9.16 Å². The van der Waals surface area contributed by atoms with Gasteiger partial charge in [-0.1, -0.05) is 41.5 Å². The molecule has 0 aromatic rings. The fourth-order valence-corrected chi connectivity index (χ4v) is 5.09. The van der Waals surface area contributed by atoms with Gasteiger partial charge in [0.05, 0.1) is 18.8 Å². The van der Waals surface area contributed by atoms with Crippen LogP contribution in [0.1, 0.15) is 67.2 Å². The molecule has 0 amide bonds. The SMILES string of the molecule is CCC1(CO[Si](C)(C)C(C)(C)C)COC2(C[C@H](C)C[C@H](C)C2)N1. The highest BCUT2D eigenvalue weighted by Gasteiger charge is 2.51. The smallest absolute Gasteiger partial charge is 0.192 e. The first kappa shape index (κ1) is 19.4. The molecule has 4 heteroatoms. The van der Waals surface area contributed by atoms with Gasteiger partial charge in [0, 0.05) is 0 Å². The molecule has 1 aliphatic heterocycles. The highest BCUT2D eigenvalue weighted by Crippen LogP contribution is 2.43. The average molecular weight is 342 g/mol. The number of nitrogens with one attached hydrogen (secondary N) is 1. The summed E-state index contributed by atoms with van der Waals surface area (Å²) in [4.78, 5) is 0. The summed E-state index contributed by atoms with van der Waals surface area (Å²) >= 11 is 0. The Bertz CT molecular complexity index is 408. The molecular weight excluding hydrogens is 302 g/mol. The summed E-state index contributed by atoms with van der Waals surface area (Å²) in [5, 5.41) is 4.19. The van der Waals surface area contributed by atoms with Gasteiger partial charge in [0.1, 0.15) is 5.72 Å². The zero-order valence-corrected chi connectivity index (χ0v) is 17.7. The number of hydrogen-bond donors (Lipinski definition) is 1. The monoisotopic (exact) mass is 341 g/mol. The van der Waals surface area contributed by atoms with Crippen LogP contribution in [0, 0.1) is 11.8 Å². The quantitative estimate of drug-likeness (QED) is 0.736. The maximum atomic E-state index is 6.56. The van der Waals surface area contributed by atoms with E-state index in [1.54, 1.807) is 0 Å². The minimum Gasteiger partial charge on any atom is -0.415 e. The Morgan fingerprint density at radius 1 is 1.17 bits per heavy atom. The van der Waals surface area contributed by atoms with Gasteiger partial charge in [-0.15, -0.1) is 0 Å². The summed E-state index contributed by atoms with van der Waals surface area (Å²) in [6.45, 7) is 20.2. The van der Waals surface area contributed by atoms with Gasteiger partial charge in [-0.25, -0.2) is 0 Å². The summed E-state index contributed by atoms with van der Waals surface area (Å²) in [6.07, 6.45) is 4.66. The maximum absolute atomic E-state index is 6.56. The van der Waals surface area contributed by atoms with Crippen molar-refractivity contribution in [3.63, 3.8) is 0 Å². The zero-order chi connectivity index (χ0) is 17.5. The van der Waals surface area contributed by atoms with Crippen LogP contribution < -0.4 is 5.32 Å². The van der Waals surface area contributed by atoms with Crippen molar-refractivity contribution in [2.75, 3.05) is 13.2 Å². The molecule has 2 unspecified atom stereocenters. The molecule has 2 aliphatic rings. The van der Waals surface area contributed by atoms with Crippen LogP contribution in [0.3, 0.4) is 0 Å². The van der Waals surface area contributed by atoms with E-state index in [9.17, 15) is 0 Å². The Morgan fingerprint density at radius 2 is 1.74 bits per heavy atom. The Hall–Kier alpha value is 0.0969. The number of hydrogen-bond acceptors (Lipinski definition) is 3. The fraction of sp³-hybridized carbons (Fsp3) is 1.00. The summed E-state index contributed by atoms with van der Waals surface area (Å²) < 4.78 is 13.0. The van der Waals surface area contributed by atoms with Crippen molar-refractivity contribution in [2.24, 2.45) is 11.8 Å². The molecule has 1 heterocycles. The van der Waals surface area contributed by atoms with Gasteiger partial charge >= 0.3 is 0 Å². The molecule has 0 radical (unpaired) electrons. The van der Waals surface area contributed by atoms with E-state index in [-0.39, 0.29) is 16.3 Å². The van der Waals surface area contributed by atoms with E-state index >= 15 is 0 Å². The highest BCUT2D eigenvalue weighted by atomic mass is 28.4. The van der Waals surface area contributed by atoms with Gasteiger partial charge in [-0.3, -0.25) is 5.32 Å². The van der Waals surface area contributed by atoms with E-state index in [4.69, 9.17) is 9.16 Å². The lowest BCUT2D eigenvalue weighted by atomic mass is 9.77.